The SMILES string of the molecule is CCN(CCC(=O)O)C(C(N)=S)c1cc(C)ccc1O. The van der Waals surface area contributed by atoms with Crippen LogP contribution in [0.4, 0.5) is 0 Å². The third kappa shape index (κ3) is 4.18. The van der Waals surface area contributed by atoms with Gasteiger partial charge >= 0.3 is 5.97 Å². The number of aromatic hydroxyl groups is 1. The first-order valence-electron chi connectivity index (χ1n) is 6.41. The van der Waals surface area contributed by atoms with Gasteiger partial charge in [-0.25, -0.2) is 0 Å². The van der Waals surface area contributed by atoms with Crippen LogP contribution in [0.2, 0.25) is 0 Å². The smallest absolute Gasteiger partial charge is 0.304 e. The summed E-state index contributed by atoms with van der Waals surface area (Å²) in [5, 5.41) is 18.8. The van der Waals surface area contributed by atoms with E-state index >= 15 is 0 Å². The molecule has 110 valence electrons. The van der Waals surface area contributed by atoms with E-state index in [0.29, 0.717) is 18.7 Å². The van der Waals surface area contributed by atoms with E-state index in [1.165, 1.54) is 0 Å². The van der Waals surface area contributed by atoms with Crippen molar-refractivity contribution < 1.29 is 15.0 Å². The van der Waals surface area contributed by atoms with Gasteiger partial charge in [0.15, 0.2) is 0 Å². The normalized spacial score (nSPS) is 12.3. The van der Waals surface area contributed by atoms with Gasteiger partial charge in [0, 0.05) is 12.1 Å². The maximum atomic E-state index is 10.7. The van der Waals surface area contributed by atoms with Gasteiger partial charge in [0.2, 0.25) is 0 Å². The lowest BCUT2D eigenvalue weighted by Gasteiger charge is -2.30. The number of hydrogen-bond donors (Lipinski definition) is 3. The second kappa shape index (κ2) is 7.21. The Hall–Kier alpha value is -1.66. The number of thiocarbonyl (C=S) groups is 1. The van der Waals surface area contributed by atoms with Crippen LogP contribution in [0.5, 0.6) is 5.75 Å². The van der Waals surface area contributed by atoms with Gasteiger partial charge in [-0.15, -0.1) is 0 Å². The first kappa shape index (κ1) is 16.4. The molecule has 0 radical (unpaired) electrons. The zero-order valence-corrected chi connectivity index (χ0v) is 12.5. The Morgan fingerprint density at radius 2 is 2.15 bits per heavy atom. The van der Waals surface area contributed by atoms with E-state index in [1.807, 2.05) is 24.8 Å². The average Bonchev–Trinajstić information content (AvgIpc) is 2.37. The van der Waals surface area contributed by atoms with E-state index < -0.39 is 12.0 Å². The van der Waals surface area contributed by atoms with E-state index in [1.54, 1.807) is 12.1 Å². The number of aliphatic carboxylic acids is 1. The molecule has 0 bridgehead atoms. The van der Waals surface area contributed by atoms with E-state index in [-0.39, 0.29) is 17.2 Å². The van der Waals surface area contributed by atoms with Crippen LogP contribution in [0.25, 0.3) is 0 Å². The minimum atomic E-state index is -0.876. The third-order valence-corrected chi connectivity index (χ3v) is 3.35. The summed E-state index contributed by atoms with van der Waals surface area (Å²) < 4.78 is 0. The highest BCUT2D eigenvalue weighted by molar-refractivity contribution is 7.80. The van der Waals surface area contributed by atoms with Crippen LogP contribution in [0.15, 0.2) is 18.2 Å². The molecule has 1 atom stereocenters. The predicted octanol–water partition coefficient (Wildman–Crippen LogP) is 1.82. The molecule has 0 saturated heterocycles. The number of aryl methyl sites for hydroxylation is 1. The zero-order chi connectivity index (χ0) is 15.3. The van der Waals surface area contributed by atoms with Crippen molar-refractivity contribution in [2.24, 2.45) is 5.73 Å². The topological polar surface area (TPSA) is 86.8 Å². The molecule has 0 aliphatic rings. The highest BCUT2D eigenvalue weighted by Crippen LogP contribution is 2.30. The number of carboxylic acids is 1. The van der Waals surface area contributed by atoms with Gasteiger partial charge in [-0.3, -0.25) is 9.69 Å². The second-order valence-electron chi connectivity index (χ2n) is 4.64. The van der Waals surface area contributed by atoms with E-state index in [0.717, 1.165) is 5.56 Å². The molecule has 0 saturated carbocycles. The average molecular weight is 296 g/mol. The summed E-state index contributed by atoms with van der Waals surface area (Å²) in [4.78, 5) is 12.8. The van der Waals surface area contributed by atoms with Gasteiger partial charge in [0.05, 0.1) is 17.5 Å². The third-order valence-electron chi connectivity index (χ3n) is 3.13. The van der Waals surface area contributed by atoms with Crippen molar-refractivity contribution in [2.75, 3.05) is 13.1 Å². The Bertz CT molecular complexity index is 505. The van der Waals surface area contributed by atoms with Crippen molar-refractivity contribution in [1.82, 2.24) is 4.90 Å². The molecule has 6 heteroatoms. The molecule has 4 N–H and O–H groups in total. The molecule has 0 fully saturated rings. The van der Waals surface area contributed by atoms with Crippen molar-refractivity contribution in [1.29, 1.82) is 0 Å². The first-order valence-corrected chi connectivity index (χ1v) is 6.82. The molecular formula is C14H20N2O3S. The summed E-state index contributed by atoms with van der Waals surface area (Å²) in [6.45, 7) is 4.72. The number of benzene rings is 1. The van der Waals surface area contributed by atoms with Gasteiger partial charge in [-0.1, -0.05) is 36.8 Å². The Morgan fingerprint density at radius 1 is 1.50 bits per heavy atom. The maximum Gasteiger partial charge on any atom is 0.304 e. The number of nitrogens with two attached hydrogens (primary N) is 1. The van der Waals surface area contributed by atoms with Crippen LogP contribution < -0.4 is 5.73 Å². The van der Waals surface area contributed by atoms with E-state index in [9.17, 15) is 9.90 Å². The summed E-state index contributed by atoms with van der Waals surface area (Å²) in [5.74, 6) is -0.763. The fraction of sp³-hybridized carbons (Fsp3) is 0.429. The minimum absolute atomic E-state index is 0.000465. The Morgan fingerprint density at radius 3 is 2.65 bits per heavy atom. The summed E-state index contributed by atoms with van der Waals surface area (Å²) in [7, 11) is 0. The maximum absolute atomic E-state index is 10.7. The molecule has 5 nitrogen and oxygen atoms in total. The molecular weight excluding hydrogens is 276 g/mol. The molecule has 0 spiro atoms. The molecule has 1 aromatic rings. The van der Waals surface area contributed by atoms with Crippen LogP contribution in [0, 0.1) is 6.92 Å². The Balaban J connectivity index is 3.11. The number of phenols is 1. The summed E-state index contributed by atoms with van der Waals surface area (Å²) in [6.07, 6.45) is -0.000465. The Labute approximate surface area is 124 Å². The number of carboxylic acid groups (broad SMARTS) is 1. The summed E-state index contributed by atoms with van der Waals surface area (Å²) in [5.41, 5.74) is 7.40. The van der Waals surface area contributed by atoms with Crippen LogP contribution in [-0.4, -0.2) is 39.2 Å². The highest BCUT2D eigenvalue weighted by atomic mass is 32.1. The molecule has 1 rings (SSSR count). The van der Waals surface area contributed by atoms with E-state index in [4.69, 9.17) is 23.1 Å². The van der Waals surface area contributed by atoms with Crippen LogP contribution in [0.1, 0.15) is 30.5 Å². The molecule has 1 aromatic carbocycles. The zero-order valence-electron chi connectivity index (χ0n) is 11.7. The number of rotatable bonds is 7. The Kier molecular flexibility index (Phi) is 5.91. The number of phenolic OH excluding ortho intramolecular Hbond substituents is 1. The van der Waals surface area contributed by atoms with Crippen LogP contribution >= 0.6 is 12.2 Å². The van der Waals surface area contributed by atoms with Gasteiger partial charge in [0.25, 0.3) is 0 Å². The predicted molar refractivity (Wildman–Crippen MR) is 81.9 cm³/mol. The van der Waals surface area contributed by atoms with Crippen LogP contribution in [0.3, 0.4) is 0 Å². The lowest BCUT2D eigenvalue weighted by Crippen LogP contribution is -2.38. The lowest BCUT2D eigenvalue weighted by atomic mass is 10.0. The van der Waals surface area contributed by atoms with Gasteiger partial charge in [0.1, 0.15) is 5.75 Å². The number of nitrogens with zero attached hydrogens (tertiary/aromatic N) is 1. The van der Waals surface area contributed by atoms with E-state index in [2.05, 4.69) is 0 Å². The van der Waals surface area contributed by atoms with Crippen molar-refractivity contribution in [3.8, 4) is 5.75 Å². The molecule has 0 amide bonds. The van der Waals surface area contributed by atoms with Crippen molar-refractivity contribution in [3.05, 3.63) is 29.3 Å². The number of carbonyl (C=O) groups is 1. The minimum Gasteiger partial charge on any atom is -0.508 e. The fourth-order valence-corrected chi connectivity index (χ4v) is 2.41. The molecule has 0 aromatic heterocycles. The number of hydrogen-bond acceptors (Lipinski definition) is 4. The second-order valence-corrected chi connectivity index (χ2v) is 5.11. The first-order chi connectivity index (χ1) is 9.36. The molecule has 0 aliphatic heterocycles. The van der Waals surface area contributed by atoms with Crippen molar-refractivity contribution in [3.63, 3.8) is 0 Å². The fourth-order valence-electron chi connectivity index (χ4n) is 2.13. The van der Waals surface area contributed by atoms with Crippen LogP contribution in [-0.2, 0) is 4.79 Å². The standard InChI is InChI=1S/C14H20N2O3S/c1-3-16(7-6-12(18)19)13(14(15)20)10-8-9(2)4-5-11(10)17/h4-5,8,13,17H,3,6-7H2,1-2H3,(H2,15,20)(H,18,19). The lowest BCUT2D eigenvalue weighted by molar-refractivity contribution is -0.137. The quantitative estimate of drug-likeness (QED) is 0.665. The van der Waals surface area contributed by atoms with Crippen molar-refractivity contribution >= 4 is 23.2 Å². The van der Waals surface area contributed by atoms with Gasteiger partial charge in [-0.05, 0) is 19.5 Å². The molecule has 0 aliphatic carbocycles. The van der Waals surface area contributed by atoms with Gasteiger partial charge in [-0.2, -0.15) is 0 Å². The highest BCUT2D eigenvalue weighted by Gasteiger charge is 2.25. The summed E-state index contributed by atoms with van der Waals surface area (Å²) >= 11 is 5.10. The molecule has 1 unspecified atom stereocenters. The number of likely N-dealkylation sites (N-methyl/N-ethyl adjacent to an activating group) is 1. The molecule has 20 heavy (non-hydrogen) atoms. The molecule has 0 heterocycles. The largest absolute Gasteiger partial charge is 0.508 e. The van der Waals surface area contributed by atoms with Gasteiger partial charge < -0.3 is 15.9 Å². The summed E-state index contributed by atoms with van der Waals surface area (Å²) in [6, 6.07) is 4.75. The monoisotopic (exact) mass is 296 g/mol. The van der Waals surface area contributed by atoms with Crippen molar-refractivity contribution in [2.45, 2.75) is 26.3 Å².